The van der Waals surface area contributed by atoms with Gasteiger partial charge in [0.2, 0.25) is 0 Å². The van der Waals surface area contributed by atoms with Gasteiger partial charge in [-0.05, 0) is 31.0 Å². The summed E-state index contributed by atoms with van der Waals surface area (Å²) < 4.78 is 26.1. The quantitative estimate of drug-likeness (QED) is 0.230. The van der Waals surface area contributed by atoms with Crippen LogP contribution in [0, 0.1) is 6.92 Å². The highest BCUT2D eigenvalue weighted by Gasteiger charge is 2.18. The van der Waals surface area contributed by atoms with Gasteiger partial charge in [-0.15, -0.1) is 11.8 Å². The van der Waals surface area contributed by atoms with E-state index >= 15 is 0 Å². The van der Waals surface area contributed by atoms with Crippen molar-refractivity contribution in [1.29, 1.82) is 0 Å². The van der Waals surface area contributed by atoms with E-state index in [1.165, 1.54) is 18.0 Å². The minimum absolute atomic E-state index is 0.0483. The zero-order valence-electron chi connectivity index (χ0n) is 15.6. The summed E-state index contributed by atoms with van der Waals surface area (Å²) >= 11 is 2.78. The van der Waals surface area contributed by atoms with Crippen molar-refractivity contribution in [1.82, 2.24) is 5.32 Å². The third-order valence-corrected chi connectivity index (χ3v) is 5.43. The van der Waals surface area contributed by atoms with Crippen LogP contribution < -0.4 is 16.2 Å². The first kappa shape index (κ1) is 22.4. The number of aryl methyl sites for hydroxylation is 1. The van der Waals surface area contributed by atoms with Gasteiger partial charge in [-0.2, -0.15) is 0 Å². The maximum absolute atomic E-state index is 13.1. The van der Waals surface area contributed by atoms with Crippen molar-refractivity contribution in [2.24, 2.45) is 25.8 Å². The van der Waals surface area contributed by atoms with Crippen molar-refractivity contribution < 1.29 is 8.78 Å². The molecule has 0 amide bonds. The van der Waals surface area contributed by atoms with E-state index in [0.717, 1.165) is 29.5 Å². The Labute approximate surface area is 172 Å². The molecular weight excluding hydrogens is 402 g/mol. The number of alkyl halides is 2. The number of rotatable bonds is 10. The number of hydrogen-bond donors (Lipinski definition) is 3. The molecule has 0 aliphatic carbocycles. The number of nitrogens with one attached hydrogen (secondary N) is 1. The first-order chi connectivity index (χ1) is 13.4. The standard InChI is InChI=1S/C18H24F2N6S2/c1-11-4-5-13(8-14(11)16(19)20)26-17(21)15-18(25-10-24-15)27-7-3-6-23-12(2)9-28-22/h4-5,8,16,23H,2-3,6-7,9-10,22H2,1H3,(H2,21,26). The summed E-state index contributed by atoms with van der Waals surface area (Å²) in [5.41, 5.74) is 8.33. The van der Waals surface area contributed by atoms with Crippen LogP contribution in [0.1, 0.15) is 24.0 Å². The lowest BCUT2D eigenvalue weighted by atomic mass is 10.1. The first-order valence-corrected chi connectivity index (χ1v) is 10.6. The average molecular weight is 427 g/mol. The third kappa shape index (κ3) is 6.61. The Balaban J connectivity index is 1.92. The summed E-state index contributed by atoms with van der Waals surface area (Å²) in [7, 11) is 0. The lowest BCUT2D eigenvalue weighted by Gasteiger charge is -2.09. The van der Waals surface area contributed by atoms with Gasteiger partial charge >= 0.3 is 0 Å². The van der Waals surface area contributed by atoms with Gasteiger partial charge in [0, 0.05) is 29.3 Å². The molecule has 0 fully saturated rings. The molecule has 28 heavy (non-hydrogen) atoms. The van der Waals surface area contributed by atoms with E-state index in [1.807, 2.05) is 0 Å². The largest absolute Gasteiger partial charge is 0.388 e. The fourth-order valence-electron chi connectivity index (χ4n) is 2.40. The minimum atomic E-state index is -2.55. The Morgan fingerprint density at radius 1 is 1.39 bits per heavy atom. The van der Waals surface area contributed by atoms with E-state index in [9.17, 15) is 8.78 Å². The Hall–Kier alpha value is -1.91. The molecule has 0 atom stereocenters. The van der Waals surface area contributed by atoms with Crippen LogP contribution in [0.15, 0.2) is 45.5 Å². The Morgan fingerprint density at radius 3 is 2.89 bits per heavy atom. The number of halogens is 2. The highest BCUT2D eigenvalue weighted by atomic mass is 32.2. The molecule has 0 saturated heterocycles. The predicted molar refractivity (Wildman–Crippen MR) is 118 cm³/mol. The molecule has 6 nitrogen and oxygen atoms in total. The van der Waals surface area contributed by atoms with Crippen LogP contribution in [0.2, 0.25) is 0 Å². The second-order valence-corrected chi connectivity index (χ2v) is 7.70. The van der Waals surface area contributed by atoms with Crippen LogP contribution >= 0.6 is 23.7 Å². The van der Waals surface area contributed by atoms with E-state index in [-0.39, 0.29) is 11.4 Å². The van der Waals surface area contributed by atoms with Gasteiger partial charge in [-0.3, -0.25) is 15.1 Å². The second kappa shape index (κ2) is 11.2. The number of thioether (sulfide) groups is 1. The summed E-state index contributed by atoms with van der Waals surface area (Å²) in [5, 5.41) is 9.32. The van der Waals surface area contributed by atoms with Gasteiger partial charge in [-0.1, -0.05) is 24.6 Å². The van der Waals surface area contributed by atoms with Gasteiger partial charge in [0.1, 0.15) is 17.4 Å². The molecule has 152 valence electrons. The summed E-state index contributed by atoms with van der Waals surface area (Å²) in [6.45, 7) is 6.60. The first-order valence-electron chi connectivity index (χ1n) is 8.61. The minimum Gasteiger partial charge on any atom is -0.388 e. The molecule has 0 radical (unpaired) electrons. The maximum Gasteiger partial charge on any atom is 0.264 e. The number of aliphatic imine (C=N–C) groups is 3. The van der Waals surface area contributed by atoms with Gasteiger partial charge in [0.15, 0.2) is 5.84 Å². The average Bonchev–Trinajstić information content (AvgIpc) is 3.11. The molecule has 0 saturated carbocycles. The highest BCUT2D eigenvalue weighted by molar-refractivity contribution is 8.16. The molecule has 1 aromatic rings. The molecule has 1 aliphatic rings. The molecule has 10 heteroatoms. The molecule has 0 bridgehead atoms. The van der Waals surface area contributed by atoms with Crippen molar-refractivity contribution in [2.75, 3.05) is 24.7 Å². The number of benzene rings is 1. The van der Waals surface area contributed by atoms with Crippen molar-refractivity contribution in [3.05, 3.63) is 41.6 Å². The zero-order valence-corrected chi connectivity index (χ0v) is 17.3. The summed E-state index contributed by atoms with van der Waals surface area (Å²) in [5.74, 6) is 1.68. The monoisotopic (exact) mass is 426 g/mol. The zero-order chi connectivity index (χ0) is 20.5. The molecular formula is C18H24F2N6S2. The van der Waals surface area contributed by atoms with Crippen LogP contribution in [0.5, 0.6) is 0 Å². The van der Waals surface area contributed by atoms with Crippen LogP contribution in [0.4, 0.5) is 14.5 Å². The van der Waals surface area contributed by atoms with Crippen molar-refractivity contribution in [2.45, 2.75) is 19.8 Å². The van der Waals surface area contributed by atoms with Gasteiger partial charge in [0.25, 0.3) is 6.43 Å². The van der Waals surface area contributed by atoms with E-state index < -0.39 is 6.43 Å². The number of nitrogens with two attached hydrogens (primary N) is 2. The molecule has 2 rings (SSSR count). The number of hydrogen-bond acceptors (Lipinski definition) is 7. The maximum atomic E-state index is 13.1. The summed E-state index contributed by atoms with van der Waals surface area (Å²) in [6.07, 6.45) is -1.65. The fourth-order valence-corrected chi connectivity index (χ4v) is 3.64. The summed E-state index contributed by atoms with van der Waals surface area (Å²) in [4.78, 5) is 12.9. The van der Waals surface area contributed by atoms with E-state index in [1.54, 1.807) is 30.8 Å². The Morgan fingerprint density at radius 2 is 2.18 bits per heavy atom. The van der Waals surface area contributed by atoms with Crippen molar-refractivity contribution in [3.8, 4) is 0 Å². The predicted octanol–water partition coefficient (Wildman–Crippen LogP) is 3.57. The number of nitrogens with zero attached hydrogens (tertiary/aromatic N) is 3. The van der Waals surface area contributed by atoms with Gasteiger partial charge < -0.3 is 11.1 Å². The Bertz CT molecular complexity index is 792. The van der Waals surface area contributed by atoms with Crippen LogP contribution in [-0.4, -0.2) is 41.3 Å². The molecule has 1 aliphatic heterocycles. The van der Waals surface area contributed by atoms with E-state index in [4.69, 9.17) is 10.9 Å². The third-order valence-electron chi connectivity index (χ3n) is 3.83. The number of amidine groups is 1. The molecule has 5 N–H and O–H groups in total. The molecule has 0 aromatic heterocycles. The van der Waals surface area contributed by atoms with E-state index in [2.05, 4.69) is 26.9 Å². The molecule has 0 unspecified atom stereocenters. The van der Waals surface area contributed by atoms with Gasteiger partial charge in [-0.25, -0.2) is 13.8 Å². The van der Waals surface area contributed by atoms with Crippen LogP contribution in [0.3, 0.4) is 0 Å². The van der Waals surface area contributed by atoms with Crippen LogP contribution in [0.25, 0.3) is 0 Å². The van der Waals surface area contributed by atoms with Crippen LogP contribution in [-0.2, 0) is 0 Å². The van der Waals surface area contributed by atoms with Crippen molar-refractivity contribution >= 4 is 46.0 Å². The normalized spacial score (nSPS) is 14.2. The molecule has 1 aromatic carbocycles. The SMILES string of the molecule is C=C(CSN)NCCCSC1=NCN=C1C(N)=Nc1ccc(C)c(C(F)F)c1. The highest BCUT2D eigenvalue weighted by Crippen LogP contribution is 2.27. The van der Waals surface area contributed by atoms with E-state index in [0.29, 0.717) is 29.4 Å². The Kier molecular flexibility index (Phi) is 8.94. The van der Waals surface area contributed by atoms with Gasteiger partial charge in [0.05, 0.1) is 5.69 Å². The molecule has 0 spiro atoms. The second-order valence-electron chi connectivity index (χ2n) is 5.99. The smallest absolute Gasteiger partial charge is 0.264 e. The lowest BCUT2D eigenvalue weighted by Crippen LogP contribution is -2.28. The van der Waals surface area contributed by atoms with Crippen molar-refractivity contribution in [3.63, 3.8) is 0 Å². The topological polar surface area (TPSA) is 101 Å². The summed E-state index contributed by atoms with van der Waals surface area (Å²) in [6, 6.07) is 4.62. The fraction of sp³-hybridized carbons (Fsp3) is 0.389. The lowest BCUT2D eigenvalue weighted by molar-refractivity contribution is 0.150. The molecule has 1 heterocycles.